The summed E-state index contributed by atoms with van der Waals surface area (Å²) in [5, 5.41) is 4.42. The van der Waals surface area contributed by atoms with Crippen molar-refractivity contribution in [2.24, 2.45) is 11.8 Å². The fourth-order valence-electron chi connectivity index (χ4n) is 2.71. The molecule has 106 valence electrons. The third-order valence-corrected chi connectivity index (χ3v) is 3.86. The molecule has 1 aromatic carbocycles. The Morgan fingerprint density at radius 1 is 1.30 bits per heavy atom. The van der Waals surface area contributed by atoms with Crippen LogP contribution in [-0.2, 0) is 4.74 Å². The standard InChI is InChI=1S/C15H20N4O/c1-20-15(11-7-8-11)14(18-16)13-9-10-17-19(13)12-5-3-2-4-6-12/h2-6,9-11,14-15,18H,7-8,16H2,1H3. The van der Waals surface area contributed by atoms with Crippen LogP contribution >= 0.6 is 0 Å². The number of benzene rings is 1. The van der Waals surface area contributed by atoms with Crippen LogP contribution in [0.2, 0.25) is 0 Å². The van der Waals surface area contributed by atoms with E-state index < -0.39 is 0 Å². The van der Waals surface area contributed by atoms with E-state index in [1.807, 2.05) is 41.1 Å². The van der Waals surface area contributed by atoms with Gasteiger partial charge < -0.3 is 4.74 Å². The number of aromatic nitrogens is 2. The van der Waals surface area contributed by atoms with Crippen molar-refractivity contribution in [2.45, 2.75) is 25.0 Å². The number of methoxy groups -OCH3 is 1. The van der Waals surface area contributed by atoms with Crippen LogP contribution in [0.15, 0.2) is 42.6 Å². The summed E-state index contributed by atoms with van der Waals surface area (Å²) in [6.07, 6.45) is 4.29. The Hall–Kier alpha value is -1.69. The summed E-state index contributed by atoms with van der Waals surface area (Å²) in [7, 11) is 1.75. The van der Waals surface area contributed by atoms with Crippen molar-refractivity contribution in [2.75, 3.05) is 7.11 Å². The number of rotatable bonds is 6. The number of nitrogens with two attached hydrogens (primary N) is 1. The molecule has 5 nitrogen and oxygen atoms in total. The molecule has 1 aromatic heterocycles. The monoisotopic (exact) mass is 272 g/mol. The number of hydrogen-bond acceptors (Lipinski definition) is 4. The summed E-state index contributed by atoms with van der Waals surface area (Å²) in [5.74, 6) is 6.37. The third-order valence-electron chi connectivity index (χ3n) is 3.86. The maximum absolute atomic E-state index is 5.78. The lowest BCUT2D eigenvalue weighted by Crippen LogP contribution is -2.39. The van der Waals surface area contributed by atoms with E-state index >= 15 is 0 Å². The smallest absolute Gasteiger partial charge is 0.0897 e. The van der Waals surface area contributed by atoms with E-state index in [0.717, 1.165) is 11.4 Å². The lowest BCUT2D eigenvalue weighted by molar-refractivity contribution is 0.0487. The number of hydrazine groups is 1. The molecule has 2 atom stereocenters. The summed E-state index contributed by atoms with van der Waals surface area (Å²) < 4.78 is 7.57. The highest BCUT2D eigenvalue weighted by atomic mass is 16.5. The predicted molar refractivity (Wildman–Crippen MR) is 77.1 cm³/mol. The second kappa shape index (κ2) is 5.75. The van der Waals surface area contributed by atoms with Crippen molar-refractivity contribution < 1.29 is 4.74 Å². The Kier molecular flexibility index (Phi) is 3.82. The van der Waals surface area contributed by atoms with Crippen molar-refractivity contribution in [3.8, 4) is 5.69 Å². The molecule has 0 spiro atoms. The van der Waals surface area contributed by atoms with Gasteiger partial charge in [0.05, 0.1) is 23.5 Å². The van der Waals surface area contributed by atoms with Crippen LogP contribution in [-0.4, -0.2) is 23.0 Å². The zero-order valence-electron chi connectivity index (χ0n) is 11.6. The number of hydrogen-bond donors (Lipinski definition) is 2. The molecular formula is C15H20N4O. The fraction of sp³-hybridized carbons (Fsp3) is 0.400. The van der Waals surface area contributed by atoms with Crippen molar-refractivity contribution in [1.82, 2.24) is 15.2 Å². The molecule has 1 aliphatic carbocycles. The van der Waals surface area contributed by atoms with Crippen molar-refractivity contribution in [1.29, 1.82) is 0 Å². The predicted octanol–water partition coefficient (Wildman–Crippen LogP) is 1.80. The molecule has 1 fully saturated rings. The highest BCUT2D eigenvalue weighted by Gasteiger charge is 2.38. The third kappa shape index (κ3) is 2.47. The minimum Gasteiger partial charge on any atom is -0.379 e. The van der Waals surface area contributed by atoms with Gasteiger partial charge in [0, 0.05) is 13.3 Å². The molecule has 2 unspecified atom stereocenters. The van der Waals surface area contributed by atoms with Gasteiger partial charge in [-0.2, -0.15) is 5.10 Å². The van der Waals surface area contributed by atoms with Crippen LogP contribution in [0.4, 0.5) is 0 Å². The first kappa shape index (κ1) is 13.3. The number of nitrogens with zero attached hydrogens (tertiary/aromatic N) is 2. The largest absolute Gasteiger partial charge is 0.379 e. The average molecular weight is 272 g/mol. The molecule has 1 aliphatic rings. The van der Waals surface area contributed by atoms with Gasteiger partial charge in [-0.25, -0.2) is 10.1 Å². The Morgan fingerprint density at radius 3 is 2.65 bits per heavy atom. The lowest BCUT2D eigenvalue weighted by atomic mass is 10.0. The summed E-state index contributed by atoms with van der Waals surface area (Å²) in [5.41, 5.74) is 4.95. The van der Waals surface area contributed by atoms with Gasteiger partial charge in [-0.05, 0) is 37.0 Å². The second-order valence-corrected chi connectivity index (χ2v) is 5.19. The highest BCUT2D eigenvalue weighted by Crippen LogP contribution is 2.39. The van der Waals surface area contributed by atoms with Crippen molar-refractivity contribution in [3.05, 3.63) is 48.3 Å². The van der Waals surface area contributed by atoms with E-state index in [9.17, 15) is 0 Å². The molecule has 5 heteroatoms. The van der Waals surface area contributed by atoms with Gasteiger partial charge in [0.25, 0.3) is 0 Å². The molecular weight excluding hydrogens is 252 g/mol. The Morgan fingerprint density at radius 2 is 2.05 bits per heavy atom. The lowest BCUT2D eigenvalue weighted by Gasteiger charge is -2.26. The topological polar surface area (TPSA) is 65.1 Å². The number of para-hydroxylation sites is 1. The minimum atomic E-state index is -0.0600. The highest BCUT2D eigenvalue weighted by molar-refractivity contribution is 5.33. The summed E-state index contributed by atoms with van der Waals surface area (Å²) in [4.78, 5) is 0. The van der Waals surface area contributed by atoms with E-state index in [1.165, 1.54) is 12.8 Å². The molecule has 0 amide bonds. The van der Waals surface area contributed by atoms with Gasteiger partial charge >= 0.3 is 0 Å². The molecule has 0 radical (unpaired) electrons. The molecule has 3 N–H and O–H groups in total. The molecule has 2 aromatic rings. The molecule has 3 rings (SSSR count). The van der Waals surface area contributed by atoms with Gasteiger partial charge in [0.15, 0.2) is 0 Å². The number of ether oxygens (including phenoxy) is 1. The molecule has 1 heterocycles. The van der Waals surface area contributed by atoms with Crippen LogP contribution in [0, 0.1) is 5.92 Å². The first-order valence-electron chi connectivity index (χ1n) is 6.93. The van der Waals surface area contributed by atoms with Crippen molar-refractivity contribution >= 4 is 0 Å². The summed E-state index contributed by atoms with van der Waals surface area (Å²) in [6.45, 7) is 0. The Labute approximate surface area is 118 Å². The van der Waals surface area contributed by atoms with E-state index in [4.69, 9.17) is 10.6 Å². The van der Waals surface area contributed by atoms with Gasteiger partial charge in [0.1, 0.15) is 0 Å². The zero-order valence-corrected chi connectivity index (χ0v) is 11.6. The first-order chi connectivity index (χ1) is 9.85. The Bertz CT molecular complexity index is 550. The van der Waals surface area contributed by atoms with Gasteiger partial charge in [-0.3, -0.25) is 5.84 Å². The molecule has 0 aliphatic heterocycles. The molecule has 20 heavy (non-hydrogen) atoms. The molecule has 1 saturated carbocycles. The Balaban J connectivity index is 1.94. The SMILES string of the molecule is COC(C1CC1)C(NN)c1ccnn1-c1ccccc1. The molecule has 0 bridgehead atoms. The quantitative estimate of drug-likeness (QED) is 0.621. The fourth-order valence-corrected chi connectivity index (χ4v) is 2.71. The summed E-state index contributed by atoms with van der Waals surface area (Å²) in [6, 6.07) is 12.0. The second-order valence-electron chi connectivity index (χ2n) is 5.19. The van der Waals surface area contributed by atoms with Crippen LogP contribution in [0.3, 0.4) is 0 Å². The minimum absolute atomic E-state index is 0.0600. The van der Waals surface area contributed by atoms with Crippen molar-refractivity contribution in [3.63, 3.8) is 0 Å². The number of nitrogens with one attached hydrogen (secondary N) is 1. The average Bonchev–Trinajstić information content (AvgIpc) is 3.22. The van der Waals surface area contributed by atoms with E-state index in [-0.39, 0.29) is 12.1 Å². The van der Waals surface area contributed by atoms with E-state index in [1.54, 1.807) is 13.3 Å². The van der Waals surface area contributed by atoms with E-state index in [0.29, 0.717) is 5.92 Å². The molecule has 0 saturated heterocycles. The summed E-state index contributed by atoms with van der Waals surface area (Å²) >= 11 is 0. The van der Waals surface area contributed by atoms with Gasteiger partial charge in [-0.15, -0.1) is 0 Å². The normalized spacial score (nSPS) is 17.9. The maximum Gasteiger partial charge on any atom is 0.0897 e. The maximum atomic E-state index is 5.78. The van der Waals surface area contributed by atoms with Crippen LogP contribution in [0.25, 0.3) is 5.69 Å². The van der Waals surface area contributed by atoms with Gasteiger partial charge in [-0.1, -0.05) is 18.2 Å². The van der Waals surface area contributed by atoms with Crippen LogP contribution in [0.1, 0.15) is 24.6 Å². The van der Waals surface area contributed by atoms with Crippen LogP contribution in [0.5, 0.6) is 0 Å². The zero-order chi connectivity index (χ0) is 13.9. The van der Waals surface area contributed by atoms with E-state index in [2.05, 4.69) is 10.5 Å². The van der Waals surface area contributed by atoms with Crippen LogP contribution < -0.4 is 11.3 Å². The van der Waals surface area contributed by atoms with Gasteiger partial charge in [0.2, 0.25) is 0 Å². The first-order valence-corrected chi connectivity index (χ1v) is 6.93.